The molecule has 2 N–H and O–H groups in total. The Kier molecular flexibility index (Phi) is 4.47. The molecule has 0 fully saturated rings. The topological polar surface area (TPSA) is 32.3 Å². The smallest absolute Gasteiger partial charge is 0.124 e. The SMILES string of the molecule is CC(O)C(C)(C)NCc1cc(F)cc(Br)c1. The molecule has 0 amide bonds. The maximum Gasteiger partial charge on any atom is 0.124 e. The summed E-state index contributed by atoms with van der Waals surface area (Å²) in [5.74, 6) is -0.263. The third-order valence-corrected chi connectivity index (χ3v) is 3.17. The highest BCUT2D eigenvalue weighted by molar-refractivity contribution is 9.10. The van der Waals surface area contributed by atoms with Gasteiger partial charge in [0.25, 0.3) is 0 Å². The number of hydrogen-bond acceptors (Lipinski definition) is 2. The van der Waals surface area contributed by atoms with Crippen LogP contribution in [0.5, 0.6) is 0 Å². The predicted molar refractivity (Wildman–Crippen MR) is 66.7 cm³/mol. The number of hydrogen-bond donors (Lipinski definition) is 2. The van der Waals surface area contributed by atoms with E-state index in [0.717, 1.165) is 10.0 Å². The molecule has 0 aliphatic heterocycles. The maximum absolute atomic E-state index is 13.1. The number of aliphatic hydroxyl groups excluding tert-OH is 1. The molecule has 0 spiro atoms. The molecule has 0 aromatic heterocycles. The number of rotatable bonds is 4. The first-order valence-corrected chi connectivity index (χ1v) is 5.98. The molecule has 1 rings (SSSR count). The molecule has 1 aromatic carbocycles. The highest BCUT2D eigenvalue weighted by atomic mass is 79.9. The molecule has 2 nitrogen and oxygen atoms in total. The van der Waals surface area contributed by atoms with Crippen molar-refractivity contribution in [1.82, 2.24) is 5.32 Å². The van der Waals surface area contributed by atoms with Crippen LogP contribution in [-0.2, 0) is 6.54 Å². The van der Waals surface area contributed by atoms with Crippen molar-refractivity contribution >= 4 is 15.9 Å². The molecule has 0 saturated heterocycles. The first-order valence-electron chi connectivity index (χ1n) is 5.19. The summed E-state index contributed by atoms with van der Waals surface area (Å²) in [6.07, 6.45) is -0.468. The summed E-state index contributed by atoms with van der Waals surface area (Å²) >= 11 is 3.25. The van der Waals surface area contributed by atoms with Crippen molar-refractivity contribution in [3.63, 3.8) is 0 Å². The lowest BCUT2D eigenvalue weighted by atomic mass is 9.98. The van der Waals surface area contributed by atoms with Gasteiger partial charge in [-0.1, -0.05) is 15.9 Å². The average Bonchev–Trinajstić information content (AvgIpc) is 2.13. The van der Waals surface area contributed by atoms with Gasteiger partial charge in [0.2, 0.25) is 0 Å². The van der Waals surface area contributed by atoms with E-state index < -0.39 is 11.6 Å². The van der Waals surface area contributed by atoms with Gasteiger partial charge in [-0.05, 0) is 44.5 Å². The zero-order chi connectivity index (χ0) is 12.3. The standard InChI is InChI=1S/C12H17BrFNO/c1-8(16)12(2,3)15-7-9-4-10(13)6-11(14)5-9/h4-6,8,15-16H,7H2,1-3H3. The fourth-order valence-corrected chi connectivity index (χ4v) is 1.70. The van der Waals surface area contributed by atoms with Gasteiger partial charge in [0.05, 0.1) is 6.10 Å². The lowest BCUT2D eigenvalue weighted by Gasteiger charge is -2.29. The fourth-order valence-electron chi connectivity index (χ4n) is 1.19. The second-order valence-electron chi connectivity index (χ2n) is 4.53. The Morgan fingerprint density at radius 3 is 2.56 bits per heavy atom. The second kappa shape index (κ2) is 5.25. The molecule has 0 aliphatic rings. The molecule has 0 bridgehead atoms. The van der Waals surface area contributed by atoms with Crippen LogP contribution < -0.4 is 5.32 Å². The van der Waals surface area contributed by atoms with Crippen molar-refractivity contribution in [2.45, 2.75) is 39.0 Å². The van der Waals surface area contributed by atoms with Crippen LogP contribution in [0, 0.1) is 5.82 Å². The highest BCUT2D eigenvalue weighted by Crippen LogP contribution is 2.16. The van der Waals surface area contributed by atoms with Crippen LogP contribution in [0.1, 0.15) is 26.3 Å². The van der Waals surface area contributed by atoms with Crippen molar-refractivity contribution < 1.29 is 9.50 Å². The van der Waals surface area contributed by atoms with Crippen LogP contribution in [0.2, 0.25) is 0 Å². The van der Waals surface area contributed by atoms with Gasteiger partial charge in [0.15, 0.2) is 0 Å². The van der Waals surface area contributed by atoms with E-state index in [4.69, 9.17) is 0 Å². The van der Waals surface area contributed by atoms with Crippen molar-refractivity contribution in [3.8, 4) is 0 Å². The summed E-state index contributed by atoms with van der Waals surface area (Å²) in [5.41, 5.74) is 0.458. The summed E-state index contributed by atoms with van der Waals surface area (Å²) in [4.78, 5) is 0. The zero-order valence-electron chi connectivity index (χ0n) is 9.72. The van der Waals surface area contributed by atoms with Gasteiger partial charge >= 0.3 is 0 Å². The Labute approximate surface area is 104 Å². The zero-order valence-corrected chi connectivity index (χ0v) is 11.3. The Morgan fingerprint density at radius 2 is 2.06 bits per heavy atom. The first-order chi connectivity index (χ1) is 7.31. The summed E-state index contributed by atoms with van der Waals surface area (Å²) in [5, 5.41) is 12.7. The van der Waals surface area contributed by atoms with E-state index in [9.17, 15) is 9.50 Å². The maximum atomic E-state index is 13.1. The van der Waals surface area contributed by atoms with Crippen molar-refractivity contribution in [1.29, 1.82) is 0 Å². The van der Waals surface area contributed by atoms with Gasteiger partial charge in [-0.25, -0.2) is 4.39 Å². The van der Waals surface area contributed by atoms with E-state index in [1.807, 2.05) is 19.9 Å². The normalized spacial score (nSPS) is 13.9. The molecular weight excluding hydrogens is 273 g/mol. The van der Waals surface area contributed by atoms with Crippen molar-refractivity contribution in [3.05, 3.63) is 34.1 Å². The van der Waals surface area contributed by atoms with E-state index in [-0.39, 0.29) is 5.82 Å². The number of aliphatic hydroxyl groups is 1. The van der Waals surface area contributed by atoms with Crippen molar-refractivity contribution in [2.24, 2.45) is 0 Å². The Morgan fingerprint density at radius 1 is 1.44 bits per heavy atom. The monoisotopic (exact) mass is 289 g/mol. The number of nitrogens with one attached hydrogen (secondary N) is 1. The molecule has 1 aromatic rings. The van der Waals surface area contributed by atoms with E-state index >= 15 is 0 Å². The largest absolute Gasteiger partial charge is 0.392 e. The number of halogens is 2. The highest BCUT2D eigenvalue weighted by Gasteiger charge is 2.22. The average molecular weight is 290 g/mol. The molecule has 4 heteroatoms. The van der Waals surface area contributed by atoms with Gasteiger partial charge in [-0.3, -0.25) is 0 Å². The van der Waals surface area contributed by atoms with Gasteiger partial charge < -0.3 is 10.4 Å². The summed E-state index contributed by atoms with van der Waals surface area (Å²) in [7, 11) is 0. The van der Waals surface area contributed by atoms with Crippen LogP contribution in [-0.4, -0.2) is 16.7 Å². The lowest BCUT2D eigenvalue weighted by Crippen LogP contribution is -2.47. The molecular formula is C12H17BrFNO. The molecule has 1 unspecified atom stereocenters. The van der Waals surface area contributed by atoms with E-state index in [0.29, 0.717) is 6.54 Å². The minimum Gasteiger partial charge on any atom is -0.392 e. The van der Waals surface area contributed by atoms with Crippen LogP contribution >= 0.6 is 15.9 Å². The quantitative estimate of drug-likeness (QED) is 0.893. The molecule has 0 saturated carbocycles. The van der Waals surface area contributed by atoms with Crippen LogP contribution in [0.4, 0.5) is 4.39 Å². The minimum atomic E-state index is -0.468. The first kappa shape index (κ1) is 13.6. The van der Waals surface area contributed by atoms with Crippen LogP contribution in [0.25, 0.3) is 0 Å². The summed E-state index contributed by atoms with van der Waals surface area (Å²) < 4.78 is 13.8. The van der Waals surface area contributed by atoms with Gasteiger partial charge in [0, 0.05) is 16.6 Å². The molecule has 0 aliphatic carbocycles. The third-order valence-electron chi connectivity index (χ3n) is 2.71. The van der Waals surface area contributed by atoms with Crippen LogP contribution in [0.15, 0.2) is 22.7 Å². The van der Waals surface area contributed by atoms with Gasteiger partial charge in [-0.2, -0.15) is 0 Å². The summed E-state index contributed by atoms with van der Waals surface area (Å²) in [6.45, 7) is 6.07. The van der Waals surface area contributed by atoms with Gasteiger partial charge in [0.1, 0.15) is 5.82 Å². The molecule has 0 heterocycles. The van der Waals surface area contributed by atoms with Crippen molar-refractivity contribution in [2.75, 3.05) is 0 Å². The predicted octanol–water partition coefficient (Wildman–Crippen LogP) is 2.84. The minimum absolute atomic E-state index is 0.263. The van der Waals surface area contributed by atoms with Crippen LogP contribution in [0.3, 0.4) is 0 Å². The third kappa shape index (κ3) is 3.85. The fraction of sp³-hybridized carbons (Fsp3) is 0.500. The van der Waals surface area contributed by atoms with E-state index in [1.165, 1.54) is 12.1 Å². The molecule has 1 atom stereocenters. The Bertz CT molecular complexity index is 346. The lowest BCUT2D eigenvalue weighted by molar-refractivity contribution is 0.0956. The molecule has 16 heavy (non-hydrogen) atoms. The van der Waals surface area contributed by atoms with E-state index in [2.05, 4.69) is 21.2 Å². The summed E-state index contributed by atoms with van der Waals surface area (Å²) in [6, 6.07) is 4.76. The Balaban J connectivity index is 2.68. The Hall–Kier alpha value is -0.450. The van der Waals surface area contributed by atoms with Gasteiger partial charge in [-0.15, -0.1) is 0 Å². The van der Waals surface area contributed by atoms with E-state index in [1.54, 1.807) is 6.92 Å². The number of benzene rings is 1. The molecule has 90 valence electrons. The molecule has 0 radical (unpaired) electrons. The second-order valence-corrected chi connectivity index (χ2v) is 5.44.